The molecule has 0 aliphatic carbocycles. The highest BCUT2D eigenvalue weighted by Gasteiger charge is 2.32. The third-order valence-electron chi connectivity index (χ3n) is 2.62. The van der Waals surface area contributed by atoms with E-state index in [9.17, 15) is 27.5 Å². The van der Waals surface area contributed by atoms with Crippen molar-refractivity contribution in [1.29, 1.82) is 0 Å². The fraction of sp³-hybridized carbons (Fsp3) is 0.417. The minimum atomic E-state index is -4.73. The number of aliphatic hydroxyl groups excluding tert-OH is 1. The first-order chi connectivity index (χ1) is 8.61. The van der Waals surface area contributed by atoms with E-state index in [0.717, 1.165) is 6.07 Å². The van der Waals surface area contributed by atoms with Crippen LogP contribution in [0.4, 0.5) is 17.6 Å². The molecule has 0 radical (unpaired) electrons. The highest BCUT2D eigenvalue weighted by Crippen LogP contribution is 2.33. The normalized spacial score (nSPS) is 15.1. The summed E-state index contributed by atoms with van der Waals surface area (Å²) in [5, 5.41) is 18.3. The first kappa shape index (κ1) is 15.4. The maximum Gasteiger partial charge on any atom is 0.416 e. The Kier molecular flexibility index (Phi) is 4.52. The van der Waals surface area contributed by atoms with Gasteiger partial charge in [0.25, 0.3) is 0 Å². The molecular weight excluding hydrogens is 268 g/mol. The zero-order chi connectivity index (χ0) is 14.8. The van der Waals surface area contributed by atoms with Crippen LogP contribution in [0.1, 0.15) is 30.6 Å². The van der Waals surface area contributed by atoms with Crippen LogP contribution in [0.2, 0.25) is 0 Å². The van der Waals surface area contributed by atoms with E-state index in [0.29, 0.717) is 12.1 Å². The average Bonchev–Trinajstić information content (AvgIpc) is 2.25. The number of aliphatic carboxylic acids is 1. The summed E-state index contributed by atoms with van der Waals surface area (Å²) in [4.78, 5) is 10.5. The minimum absolute atomic E-state index is 0.291. The van der Waals surface area contributed by atoms with Crippen molar-refractivity contribution in [3.8, 4) is 0 Å². The SMILES string of the molecule is CC(CC(=O)O)C(O)c1cc(F)cc(C(F)(F)F)c1. The van der Waals surface area contributed by atoms with E-state index in [4.69, 9.17) is 5.11 Å². The lowest BCUT2D eigenvalue weighted by Gasteiger charge is -2.19. The summed E-state index contributed by atoms with van der Waals surface area (Å²) in [6.07, 6.45) is -6.64. The molecule has 0 heterocycles. The molecule has 0 saturated carbocycles. The number of aliphatic hydroxyl groups is 1. The molecule has 0 aromatic heterocycles. The zero-order valence-corrected chi connectivity index (χ0v) is 9.91. The molecule has 0 spiro atoms. The van der Waals surface area contributed by atoms with E-state index in [1.807, 2.05) is 0 Å². The summed E-state index contributed by atoms with van der Waals surface area (Å²) in [5.41, 5.74) is -1.51. The third-order valence-corrected chi connectivity index (χ3v) is 2.62. The Morgan fingerprint density at radius 2 is 1.89 bits per heavy atom. The number of halogens is 4. The summed E-state index contributed by atoms with van der Waals surface area (Å²) >= 11 is 0. The topological polar surface area (TPSA) is 57.5 Å². The van der Waals surface area contributed by atoms with Gasteiger partial charge in [-0.2, -0.15) is 13.2 Å². The summed E-state index contributed by atoms with van der Waals surface area (Å²) < 4.78 is 50.6. The fourth-order valence-corrected chi connectivity index (χ4v) is 1.66. The average molecular weight is 280 g/mol. The van der Waals surface area contributed by atoms with E-state index >= 15 is 0 Å². The Balaban J connectivity index is 3.06. The highest BCUT2D eigenvalue weighted by atomic mass is 19.4. The van der Waals surface area contributed by atoms with Crippen LogP contribution in [0.15, 0.2) is 18.2 Å². The van der Waals surface area contributed by atoms with Gasteiger partial charge in [0.1, 0.15) is 5.82 Å². The van der Waals surface area contributed by atoms with Gasteiger partial charge in [-0.1, -0.05) is 6.92 Å². The van der Waals surface area contributed by atoms with Gasteiger partial charge in [-0.15, -0.1) is 0 Å². The zero-order valence-electron chi connectivity index (χ0n) is 9.91. The van der Waals surface area contributed by atoms with E-state index < -0.39 is 42.0 Å². The Morgan fingerprint density at radius 3 is 2.37 bits per heavy atom. The van der Waals surface area contributed by atoms with E-state index in [1.54, 1.807) is 0 Å². The van der Waals surface area contributed by atoms with Crippen LogP contribution in [0, 0.1) is 11.7 Å². The molecule has 2 unspecified atom stereocenters. The molecule has 0 bridgehead atoms. The van der Waals surface area contributed by atoms with Crippen LogP contribution < -0.4 is 0 Å². The Bertz CT molecular complexity index is 471. The van der Waals surface area contributed by atoms with E-state index in [-0.39, 0.29) is 5.56 Å². The van der Waals surface area contributed by atoms with Gasteiger partial charge in [0.15, 0.2) is 0 Å². The van der Waals surface area contributed by atoms with Crippen molar-refractivity contribution in [2.75, 3.05) is 0 Å². The Labute approximate surface area is 106 Å². The molecule has 0 amide bonds. The number of hydrogen-bond donors (Lipinski definition) is 2. The second-order valence-electron chi connectivity index (χ2n) is 4.29. The van der Waals surface area contributed by atoms with Crippen LogP contribution in [0.5, 0.6) is 0 Å². The second-order valence-corrected chi connectivity index (χ2v) is 4.29. The number of benzene rings is 1. The van der Waals surface area contributed by atoms with Crippen molar-refractivity contribution in [2.24, 2.45) is 5.92 Å². The predicted molar refractivity (Wildman–Crippen MR) is 57.8 cm³/mol. The molecule has 7 heteroatoms. The summed E-state index contributed by atoms with van der Waals surface area (Å²) in [5.74, 6) is -3.16. The van der Waals surface area contributed by atoms with Gasteiger partial charge in [0, 0.05) is 0 Å². The van der Waals surface area contributed by atoms with Crippen molar-refractivity contribution >= 4 is 5.97 Å². The summed E-state index contributed by atoms with van der Waals surface area (Å²) in [6, 6.07) is 1.70. The summed E-state index contributed by atoms with van der Waals surface area (Å²) in [7, 11) is 0. The molecule has 1 aromatic rings. The molecule has 0 fully saturated rings. The second kappa shape index (κ2) is 5.56. The van der Waals surface area contributed by atoms with Crippen LogP contribution in [0.25, 0.3) is 0 Å². The maximum atomic E-state index is 13.1. The minimum Gasteiger partial charge on any atom is -0.481 e. The number of carboxylic acids is 1. The van der Waals surface area contributed by atoms with Gasteiger partial charge in [-0.3, -0.25) is 4.79 Å². The molecule has 0 aliphatic heterocycles. The molecular formula is C12H12F4O3. The van der Waals surface area contributed by atoms with Crippen molar-refractivity contribution < 1.29 is 32.6 Å². The van der Waals surface area contributed by atoms with Crippen LogP contribution in [-0.4, -0.2) is 16.2 Å². The van der Waals surface area contributed by atoms with Gasteiger partial charge in [0.05, 0.1) is 18.1 Å². The smallest absolute Gasteiger partial charge is 0.416 e. The lowest BCUT2D eigenvalue weighted by atomic mass is 9.93. The Morgan fingerprint density at radius 1 is 1.32 bits per heavy atom. The number of rotatable bonds is 4. The third kappa shape index (κ3) is 4.20. The Hall–Kier alpha value is -1.63. The molecule has 1 aromatic carbocycles. The molecule has 2 atom stereocenters. The van der Waals surface area contributed by atoms with Crippen LogP contribution >= 0.6 is 0 Å². The number of alkyl halides is 3. The van der Waals surface area contributed by atoms with Crippen LogP contribution in [-0.2, 0) is 11.0 Å². The van der Waals surface area contributed by atoms with Gasteiger partial charge >= 0.3 is 12.1 Å². The molecule has 19 heavy (non-hydrogen) atoms. The molecule has 0 aliphatic rings. The van der Waals surface area contributed by atoms with Crippen molar-refractivity contribution in [1.82, 2.24) is 0 Å². The first-order valence-corrected chi connectivity index (χ1v) is 5.39. The molecule has 0 saturated heterocycles. The van der Waals surface area contributed by atoms with Gasteiger partial charge in [-0.25, -0.2) is 4.39 Å². The summed E-state index contributed by atoms with van der Waals surface area (Å²) in [6.45, 7) is 1.36. The van der Waals surface area contributed by atoms with Crippen molar-refractivity contribution in [2.45, 2.75) is 25.6 Å². The standard InChI is InChI=1S/C12H12F4O3/c1-6(2-10(17)18)11(19)7-3-8(12(14,15)16)5-9(13)4-7/h3-6,11,19H,2H2,1H3,(H,17,18). The van der Waals surface area contributed by atoms with Crippen molar-refractivity contribution in [3.05, 3.63) is 35.1 Å². The van der Waals surface area contributed by atoms with Gasteiger partial charge < -0.3 is 10.2 Å². The fourth-order valence-electron chi connectivity index (χ4n) is 1.66. The number of carbonyl (C=O) groups is 1. The highest BCUT2D eigenvalue weighted by molar-refractivity contribution is 5.67. The lowest BCUT2D eigenvalue weighted by Crippen LogP contribution is -2.15. The van der Waals surface area contributed by atoms with E-state index in [2.05, 4.69) is 0 Å². The van der Waals surface area contributed by atoms with Gasteiger partial charge in [-0.05, 0) is 29.7 Å². The molecule has 106 valence electrons. The van der Waals surface area contributed by atoms with E-state index in [1.165, 1.54) is 6.92 Å². The monoisotopic (exact) mass is 280 g/mol. The number of hydrogen-bond acceptors (Lipinski definition) is 2. The quantitative estimate of drug-likeness (QED) is 0.834. The molecule has 1 rings (SSSR count). The predicted octanol–water partition coefficient (Wildman–Crippen LogP) is 2.99. The largest absolute Gasteiger partial charge is 0.481 e. The van der Waals surface area contributed by atoms with Crippen molar-refractivity contribution in [3.63, 3.8) is 0 Å². The van der Waals surface area contributed by atoms with Crippen LogP contribution in [0.3, 0.4) is 0 Å². The van der Waals surface area contributed by atoms with Gasteiger partial charge in [0.2, 0.25) is 0 Å². The first-order valence-electron chi connectivity index (χ1n) is 5.39. The maximum absolute atomic E-state index is 13.1. The molecule has 2 N–H and O–H groups in total. The number of carboxylic acid groups (broad SMARTS) is 1. The lowest BCUT2D eigenvalue weighted by molar-refractivity contribution is -0.140. The molecule has 3 nitrogen and oxygen atoms in total.